The van der Waals surface area contributed by atoms with Crippen molar-refractivity contribution in [3.8, 4) is 0 Å². The molecule has 0 aliphatic carbocycles. The first-order chi connectivity index (χ1) is 8.72. The van der Waals surface area contributed by atoms with Gasteiger partial charge in [-0.15, -0.1) is 0 Å². The molecule has 2 rings (SSSR count). The quantitative estimate of drug-likeness (QED) is 0.800. The van der Waals surface area contributed by atoms with Gasteiger partial charge in [-0.2, -0.15) is 0 Å². The summed E-state index contributed by atoms with van der Waals surface area (Å²) in [5, 5.41) is 0. The van der Waals surface area contributed by atoms with Crippen molar-refractivity contribution in [3.63, 3.8) is 0 Å². The lowest BCUT2D eigenvalue weighted by Crippen LogP contribution is -2.52. The monoisotopic (exact) mass is 249 g/mol. The predicted molar refractivity (Wildman–Crippen MR) is 68.7 cm³/mol. The summed E-state index contributed by atoms with van der Waals surface area (Å²) in [6.45, 7) is 4.91. The number of nitrogens with zero attached hydrogens (tertiary/aromatic N) is 2. The highest BCUT2D eigenvalue weighted by atomic mass is 16.6. The van der Waals surface area contributed by atoms with Gasteiger partial charge in [0.1, 0.15) is 6.23 Å². The van der Waals surface area contributed by atoms with Gasteiger partial charge in [-0.05, 0) is 19.1 Å². The van der Waals surface area contributed by atoms with Gasteiger partial charge < -0.3 is 4.90 Å². The molecule has 1 aromatic rings. The average Bonchev–Trinajstić information content (AvgIpc) is 2.47. The van der Waals surface area contributed by atoms with Gasteiger partial charge in [0.25, 0.3) is 5.91 Å². The van der Waals surface area contributed by atoms with Gasteiger partial charge in [0.05, 0.1) is 0 Å². The summed E-state index contributed by atoms with van der Waals surface area (Å²) in [5.74, 6) is 5.26. The Labute approximate surface area is 107 Å². The number of rotatable bonds is 3. The predicted octanol–water partition coefficient (Wildman–Crippen LogP) is 0.681. The summed E-state index contributed by atoms with van der Waals surface area (Å²) in [4.78, 5) is 21.0. The molecule has 1 aromatic carbocycles. The van der Waals surface area contributed by atoms with Crippen LogP contribution in [0, 0.1) is 0 Å². The van der Waals surface area contributed by atoms with Crippen LogP contribution in [0.15, 0.2) is 30.3 Å². The molecule has 1 aliphatic rings. The molecule has 1 amide bonds. The lowest BCUT2D eigenvalue weighted by molar-refractivity contribution is -0.0639. The van der Waals surface area contributed by atoms with Crippen molar-refractivity contribution in [2.24, 2.45) is 5.90 Å². The highest BCUT2D eigenvalue weighted by Gasteiger charge is 2.24. The molecular formula is C13H19N3O2. The Hall–Kier alpha value is -1.43. The van der Waals surface area contributed by atoms with E-state index >= 15 is 0 Å². The summed E-state index contributed by atoms with van der Waals surface area (Å²) in [6, 6.07) is 9.37. The Kier molecular flexibility index (Phi) is 4.30. The normalized spacial score (nSPS) is 18.7. The fraction of sp³-hybridized carbons (Fsp3) is 0.462. The zero-order chi connectivity index (χ0) is 13.0. The minimum absolute atomic E-state index is 0.0940. The van der Waals surface area contributed by atoms with Crippen molar-refractivity contribution in [1.29, 1.82) is 0 Å². The lowest BCUT2D eigenvalue weighted by atomic mass is 10.2. The number of carbonyl (C=O) groups excluding carboxylic acids is 1. The first kappa shape index (κ1) is 13.0. The van der Waals surface area contributed by atoms with Crippen molar-refractivity contribution < 1.29 is 9.63 Å². The highest BCUT2D eigenvalue weighted by molar-refractivity contribution is 5.94. The molecule has 0 spiro atoms. The van der Waals surface area contributed by atoms with E-state index < -0.39 is 0 Å². The van der Waals surface area contributed by atoms with E-state index in [4.69, 9.17) is 10.7 Å². The number of hydrogen-bond acceptors (Lipinski definition) is 4. The van der Waals surface area contributed by atoms with Gasteiger partial charge in [0.2, 0.25) is 0 Å². The zero-order valence-electron chi connectivity index (χ0n) is 10.6. The molecule has 5 nitrogen and oxygen atoms in total. The SMILES string of the molecule is CC(ON)N1CCN(C(=O)c2ccccc2)CC1. The van der Waals surface area contributed by atoms with Crippen molar-refractivity contribution >= 4 is 5.91 Å². The Morgan fingerprint density at radius 2 is 1.83 bits per heavy atom. The van der Waals surface area contributed by atoms with Crippen LogP contribution < -0.4 is 5.90 Å². The van der Waals surface area contributed by atoms with Crippen molar-refractivity contribution in [3.05, 3.63) is 35.9 Å². The lowest BCUT2D eigenvalue weighted by Gasteiger charge is -2.36. The first-order valence-corrected chi connectivity index (χ1v) is 6.16. The molecule has 1 atom stereocenters. The van der Waals surface area contributed by atoms with Crippen molar-refractivity contribution in [2.75, 3.05) is 26.2 Å². The van der Waals surface area contributed by atoms with E-state index in [0.29, 0.717) is 13.1 Å². The smallest absolute Gasteiger partial charge is 0.253 e. The average molecular weight is 249 g/mol. The van der Waals surface area contributed by atoms with Gasteiger partial charge in [-0.3, -0.25) is 14.5 Å². The summed E-state index contributed by atoms with van der Waals surface area (Å²) in [6.07, 6.45) is -0.0982. The van der Waals surface area contributed by atoms with Crippen LogP contribution in [-0.2, 0) is 4.84 Å². The van der Waals surface area contributed by atoms with Gasteiger partial charge in [0, 0.05) is 31.7 Å². The molecule has 5 heteroatoms. The molecule has 0 radical (unpaired) electrons. The molecule has 0 aromatic heterocycles. The minimum atomic E-state index is -0.0982. The molecule has 1 fully saturated rings. The largest absolute Gasteiger partial charge is 0.336 e. The van der Waals surface area contributed by atoms with E-state index in [2.05, 4.69) is 4.90 Å². The van der Waals surface area contributed by atoms with Crippen LogP contribution >= 0.6 is 0 Å². The van der Waals surface area contributed by atoms with E-state index in [1.54, 1.807) is 0 Å². The maximum Gasteiger partial charge on any atom is 0.253 e. The molecular weight excluding hydrogens is 230 g/mol. The van der Waals surface area contributed by atoms with Crippen LogP contribution in [0.4, 0.5) is 0 Å². The molecule has 0 saturated carbocycles. The Balaban J connectivity index is 1.92. The summed E-state index contributed by atoms with van der Waals surface area (Å²) in [7, 11) is 0. The molecule has 18 heavy (non-hydrogen) atoms. The topological polar surface area (TPSA) is 58.8 Å². The molecule has 0 bridgehead atoms. The van der Waals surface area contributed by atoms with Crippen LogP contribution in [0.5, 0.6) is 0 Å². The number of carbonyl (C=O) groups is 1. The molecule has 98 valence electrons. The fourth-order valence-electron chi connectivity index (χ4n) is 2.14. The number of hydrogen-bond donors (Lipinski definition) is 1. The summed E-state index contributed by atoms with van der Waals surface area (Å²) in [5.41, 5.74) is 0.745. The second kappa shape index (κ2) is 5.95. The van der Waals surface area contributed by atoms with E-state index in [0.717, 1.165) is 18.7 Å². The Morgan fingerprint density at radius 1 is 1.22 bits per heavy atom. The van der Waals surface area contributed by atoms with Crippen LogP contribution in [-0.4, -0.2) is 48.1 Å². The third kappa shape index (κ3) is 2.87. The second-order valence-corrected chi connectivity index (χ2v) is 4.43. The maximum absolute atomic E-state index is 12.2. The number of benzene rings is 1. The number of nitrogens with two attached hydrogens (primary N) is 1. The van der Waals surface area contributed by atoms with E-state index in [-0.39, 0.29) is 12.1 Å². The van der Waals surface area contributed by atoms with Crippen LogP contribution in [0.1, 0.15) is 17.3 Å². The molecule has 1 saturated heterocycles. The van der Waals surface area contributed by atoms with E-state index in [1.165, 1.54) is 0 Å². The van der Waals surface area contributed by atoms with Gasteiger partial charge in [-0.1, -0.05) is 18.2 Å². The van der Waals surface area contributed by atoms with Gasteiger partial charge in [-0.25, -0.2) is 5.90 Å². The minimum Gasteiger partial charge on any atom is -0.336 e. The molecule has 1 heterocycles. The highest BCUT2D eigenvalue weighted by Crippen LogP contribution is 2.10. The summed E-state index contributed by atoms with van der Waals surface area (Å²) < 4.78 is 0. The summed E-state index contributed by atoms with van der Waals surface area (Å²) >= 11 is 0. The molecule has 2 N–H and O–H groups in total. The third-order valence-electron chi connectivity index (χ3n) is 3.33. The fourth-order valence-corrected chi connectivity index (χ4v) is 2.14. The van der Waals surface area contributed by atoms with Crippen LogP contribution in [0.25, 0.3) is 0 Å². The van der Waals surface area contributed by atoms with Crippen LogP contribution in [0.2, 0.25) is 0 Å². The maximum atomic E-state index is 12.2. The van der Waals surface area contributed by atoms with Crippen molar-refractivity contribution in [2.45, 2.75) is 13.2 Å². The Bertz CT molecular complexity index is 388. The number of amides is 1. The second-order valence-electron chi connectivity index (χ2n) is 4.43. The first-order valence-electron chi connectivity index (χ1n) is 6.16. The Morgan fingerprint density at radius 3 is 2.39 bits per heavy atom. The zero-order valence-corrected chi connectivity index (χ0v) is 10.6. The van der Waals surface area contributed by atoms with Gasteiger partial charge in [0.15, 0.2) is 0 Å². The molecule has 1 aliphatic heterocycles. The van der Waals surface area contributed by atoms with Crippen LogP contribution in [0.3, 0.4) is 0 Å². The third-order valence-corrected chi connectivity index (χ3v) is 3.33. The van der Waals surface area contributed by atoms with Crippen molar-refractivity contribution in [1.82, 2.24) is 9.80 Å². The number of piperazine rings is 1. The van der Waals surface area contributed by atoms with Gasteiger partial charge >= 0.3 is 0 Å². The van der Waals surface area contributed by atoms with E-state index in [1.807, 2.05) is 42.2 Å². The molecule has 1 unspecified atom stereocenters. The standard InChI is InChI=1S/C13H19N3O2/c1-11(18-14)15-7-9-16(10-8-15)13(17)12-5-3-2-4-6-12/h2-6,11H,7-10,14H2,1H3. The van der Waals surface area contributed by atoms with E-state index in [9.17, 15) is 4.79 Å².